The highest BCUT2D eigenvalue weighted by molar-refractivity contribution is 9.09. The predicted octanol–water partition coefficient (Wildman–Crippen LogP) is 8.11. The second kappa shape index (κ2) is 15.7. The first-order valence-electron chi connectivity index (χ1n) is 7.76. The first kappa shape index (κ1) is 28.0. The van der Waals surface area contributed by atoms with E-state index in [0.717, 1.165) is 88.2 Å². The molecule has 0 atom stereocenters. The van der Waals surface area contributed by atoms with Crippen LogP contribution in [-0.2, 0) is 42.6 Å². The lowest BCUT2D eigenvalue weighted by Crippen LogP contribution is -2.05. The quantitative estimate of drug-likeness (QED) is 0.252. The van der Waals surface area contributed by atoms with Crippen LogP contribution in [0, 0.1) is 0 Å². The molecule has 0 amide bonds. The Labute approximate surface area is 232 Å². The summed E-state index contributed by atoms with van der Waals surface area (Å²) in [5.41, 5.74) is 8.01. The van der Waals surface area contributed by atoms with Crippen LogP contribution in [0.3, 0.4) is 0 Å². The van der Waals surface area contributed by atoms with E-state index in [2.05, 4.69) is 147 Å². The number of hydrogen-bond donors (Lipinski definition) is 0. The van der Waals surface area contributed by atoms with E-state index < -0.39 is 0 Å². The van der Waals surface area contributed by atoms with Gasteiger partial charge in [0.15, 0.2) is 0 Å². The first-order valence-corrected chi connectivity index (χ1v) is 16.7. The summed E-state index contributed by atoms with van der Waals surface area (Å²) in [7, 11) is 0. The topological polar surface area (TPSA) is 51.6 Å². The minimum Gasteiger partial charge on any atom is -0.252 e. The first-order chi connectivity index (χ1) is 13.5. The molecule has 0 aliphatic heterocycles. The van der Waals surface area contributed by atoms with Crippen molar-refractivity contribution in [3.63, 3.8) is 0 Å². The SMILES string of the molecule is BrCc1nc(CBr)c(CBr)nc1CBr.BrCc1nc(CBr)c(CBr)nc1CBr. The zero-order chi connectivity index (χ0) is 21.1. The van der Waals surface area contributed by atoms with Gasteiger partial charge in [0.2, 0.25) is 0 Å². The average molecular weight is 904 g/mol. The molecule has 0 N–H and O–H groups in total. The molecule has 2 aromatic heterocycles. The van der Waals surface area contributed by atoms with Crippen LogP contribution in [0.1, 0.15) is 45.6 Å². The zero-order valence-electron chi connectivity index (χ0n) is 14.5. The second-order valence-corrected chi connectivity index (χ2v) is 9.58. The van der Waals surface area contributed by atoms with Crippen LogP contribution in [0.5, 0.6) is 0 Å². The number of aromatic nitrogens is 4. The summed E-state index contributed by atoms with van der Waals surface area (Å²) in [5.74, 6) is 0. The Kier molecular flexibility index (Phi) is 15.8. The maximum Gasteiger partial charge on any atom is 0.0736 e. The molecule has 2 aromatic rings. The molecule has 0 aliphatic carbocycles. The van der Waals surface area contributed by atoms with Crippen LogP contribution in [0.2, 0.25) is 0 Å². The number of halogens is 8. The van der Waals surface area contributed by atoms with E-state index in [-0.39, 0.29) is 0 Å². The number of nitrogens with zero attached hydrogens (tertiary/aromatic N) is 4. The Bertz CT molecular complexity index is 580. The molecule has 4 nitrogen and oxygen atoms in total. The lowest BCUT2D eigenvalue weighted by molar-refractivity contribution is 0.938. The Morgan fingerprint density at radius 1 is 0.286 bits per heavy atom. The lowest BCUT2D eigenvalue weighted by atomic mass is 10.3. The summed E-state index contributed by atoms with van der Waals surface area (Å²) in [4.78, 5) is 18.1. The molecule has 0 radical (unpaired) electrons. The smallest absolute Gasteiger partial charge is 0.0736 e. The van der Waals surface area contributed by atoms with Crippen molar-refractivity contribution < 1.29 is 0 Å². The van der Waals surface area contributed by atoms with Gasteiger partial charge < -0.3 is 0 Å². The van der Waals surface area contributed by atoms with Gasteiger partial charge in [0.05, 0.1) is 45.6 Å². The van der Waals surface area contributed by atoms with Crippen molar-refractivity contribution >= 4 is 127 Å². The minimum atomic E-state index is 0.740. The van der Waals surface area contributed by atoms with E-state index in [1.54, 1.807) is 0 Å². The molecule has 2 rings (SSSR count). The normalized spacial score (nSPS) is 10.6. The van der Waals surface area contributed by atoms with Gasteiger partial charge in [0.25, 0.3) is 0 Å². The summed E-state index contributed by atoms with van der Waals surface area (Å²) in [6.45, 7) is 0. The minimum absolute atomic E-state index is 0.740. The zero-order valence-corrected chi connectivity index (χ0v) is 27.2. The Hall–Kier alpha value is 2.00. The Balaban J connectivity index is 0.000000280. The second-order valence-electron chi connectivity index (χ2n) is 5.09. The largest absolute Gasteiger partial charge is 0.252 e. The van der Waals surface area contributed by atoms with E-state index in [4.69, 9.17) is 0 Å². The number of alkyl halides is 8. The van der Waals surface area contributed by atoms with Crippen molar-refractivity contribution in [2.45, 2.75) is 42.6 Å². The Morgan fingerprint density at radius 2 is 0.393 bits per heavy atom. The fraction of sp³-hybridized carbons (Fsp3) is 0.500. The molecular weight excluding hydrogens is 887 g/mol. The van der Waals surface area contributed by atoms with Crippen LogP contribution in [0.15, 0.2) is 0 Å². The Morgan fingerprint density at radius 3 is 0.464 bits per heavy atom. The molecule has 2 heterocycles. The molecule has 28 heavy (non-hydrogen) atoms. The number of hydrogen-bond acceptors (Lipinski definition) is 4. The third kappa shape index (κ3) is 8.16. The van der Waals surface area contributed by atoms with Crippen molar-refractivity contribution in [3.8, 4) is 0 Å². The highest BCUT2D eigenvalue weighted by Gasteiger charge is 2.11. The van der Waals surface area contributed by atoms with Gasteiger partial charge in [0.1, 0.15) is 0 Å². The molecule has 0 aromatic carbocycles. The van der Waals surface area contributed by atoms with Crippen LogP contribution < -0.4 is 0 Å². The van der Waals surface area contributed by atoms with E-state index in [9.17, 15) is 0 Å². The van der Waals surface area contributed by atoms with Gasteiger partial charge in [-0.3, -0.25) is 19.9 Å². The maximum absolute atomic E-state index is 4.54. The van der Waals surface area contributed by atoms with Crippen molar-refractivity contribution in [2.75, 3.05) is 0 Å². The van der Waals surface area contributed by atoms with Crippen LogP contribution in [0.25, 0.3) is 0 Å². The van der Waals surface area contributed by atoms with Crippen molar-refractivity contribution in [1.29, 1.82) is 0 Å². The molecule has 0 saturated carbocycles. The van der Waals surface area contributed by atoms with Gasteiger partial charge in [-0.1, -0.05) is 127 Å². The predicted molar refractivity (Wildman–Crippen MR) is 145 cm³/mol. The van der Waals surface area contributed by atoms with E-state index in [1.165, 1.54) is 0 Å². The lowest BCUT2D eigenvalue weighted by Gasteiger charge is -2.08. The van der Waals surface area contributed by atoms with Gasteiger partial charge >= 0.3 is 0 Å². The molecule has 12 heteroatoms. The summed E-state index contributed by atoms with van der Waals surface area (Å²) < 4.78 is 0. The van der Waals surface area contributed by atoms with Crippen LogP contribution in [-0.4, -0.2) is 19.9 Å². The molecule has 0 spiro atoms. The molecule has 0 bridgehead atoms. The summed E-state index contributed by atoms with van der Waals surface area (Å²) in [5, 5.41) is 5.92. The molecule has 0 fully saturated rings. The third-order valence-corrected chi connectivity index (χ3v) is 7.67. The monoisotopic (exact) mass is 895 g/mol. The average Bonchev–Trinajstić information content (AvgIpc) is 2.77. The van der Waals surface area contributed by atoms with Crippen molar-refractivity contribution in [2.24, 2.45) is 0 Å². The maximum atomic E-state index is 4.54. The standard InChI is InChI=1S/2C8H8Br4N2/c2*9-1-5-6(2-10)14-8(4-12)7(3-11)13-5/h2*1-4H2. The summed E-state index contributed by atoms with van der Waals surface area (Å²) in [6, 6.07) is 0. The molecule has 0 unspecified atom stereocenters. The molecule has 156 valence electrons. The number of rotatable bonds is 8. The van der Waals surface area contributed by atoms with Crippen LogP contribution in [0.4, 0.5) is 0 Å². The molecule has 0 aliphatic rings. The van der Waals surface area contributed by atoms with Gasteiger partial charge in [-0.15, -0.1) is 0 Å². The molecule has 0 saturated heterocycles. The van der Waals surface area contributed by atoms with Crippen molar-refractivity contribution in [1.82, 2.24) is 19.9 Å². The van der Waals surface area contributed by atoms with Gasteiger partial charge in [-0.25, -0.2) is 0 Å². The van der Waals surface area contributed by atoms with E-state index >= 15 is 0 Å². The summed E-state index contributed by atoms with van der Waals surface area (Å²) >= 11 is 27.3. The highest BCUT2D eigenvalue weighted by Crippen LogP contribution is 2.19. The van der Waals surface area contributed by atoms with Crippen molar-refractivity contribution in [3.05, 3.63) is 45.6 Å². The van der Waals surface area contributed by atoms with E-state index in [1.807, 2.05) is 0 Å². The van der Waals surface area contributed by atoms with Gasteiger partial charge in [-0.05, 0) is 0 Å². The fourth-order valence-electron chi connectivity index (χ4n) is 2.02. The molecular formula is C16H16Br8N4. The third-order valence-electron chi connectivity index (χ3n) is 3.42. The fourth-order valence-corrected chi connectivity index (χ4v) is 5.62. The van der Waals surface area contributed by atoms with Gasteiger partial charge in [-0.2, -0.15) is 0 Å². The van der Waals surface area contributed by atoms with E-state index in [0.29, 0.717) is 0 Å². The van der Waals surface area contributed by atoms with Crippen LogP contribution >= 0.6 is 127 Å². The summed E-state index contributed by atoms with van der Waals surface area (Å²) in [6.07, 6.45) is 0. The van der Waals surface area contributed by atoms with Gasteiger partial charge in [0, 0.05) is 42.6 Å². The highest BCUT2D eigenvalue weighted by atomic mass is 79.9.